The molecule has 1 rings (SSSR count). The maximum absolute atomic E-state index is 11.9. The number of methoxy groups -OCH3 is 1. The van der Waals surface area contributed by atoms with Crippen LogP contribution >= 0.6 is 23.2 Å². The zero-order chi connectivity index (χ0) is 17.9. The largest absolute Gasteiger partial charge is 0.469 e. The Kier molecular flexibility index (Phi) is 9.19. The molecule has 1 aromatic carbocycles. The molecule has 0 atom stereocenters. The van der Waals surface area contributed by atoms with Crippen molar-refractivity contribution in [3.8, 4) is 0 Å². The van der Waals surface area contributed by atoms with E-state index in [4.69, 9.17) is 23.2 Å². The van der Waals surface area contributed by atoms with E-state index < -0.39 is 5.91 Å². The molecule has 0 aliphatic heterocycles. The standard InChI is InChI=1S/C16H20Cl2N2O4/c1-24-15(22)5-3-2-4-8-19-14(21)10-20-16(23)12-7-6-11(17)9-13(12)18/h6-7,9H,2-5,8,10H2,1H3,(H,19,21)(H,20,23). The normalized spacial score (nSPS) is 10.1. The van der Waals surface area contributed by atoms with Crippen LogP contribution in [0.25, 0.3) is 0 Å². The Labute approximate surface area is 150 Å². The third kappa shape index (κ3) is 7.66. The van der Waals surface area contributed by atoms with Gasteiger partial charge in [0.25, 0.3) is 5.91 Å². The molecular weight excluding hydrogens is 355 g/mol. The molecule has 0 radical (unpaired) electrons. The van der Waals surface area contributed by atoms with E-state index in [-0.39, 0.29) is 29.0 Å². The van der Waals surface area contributed by atoms with Gasteiger partial charge in [-0.25, -0.2) is 0 Å². The van der Waals surface area contributed by atoms with Gasteiger partial charge in [0, 0.05) is 18.0 Å². The van der Waals surface area contributed by atoms with Gasteiger partial charge in [-0.1, -0.05) is 29.6 Å². The Morgan fingerprint density at radius 2 is 1.83 bits per heavy atom. The molecule has 0 heterocycles. The molecule has 0 spiro atoms. The molecule has 2 N–H and O–H groups in total. The second-order valence-electron chi connectivity index (χ2n) is 5.04. The quantitative estimate of drug-likeness (QED) is 0.513. The van der Waals surface area contributed by atoms with Gasteiger partial charge in [-0.3, -0.25) is 14.4 Å². The molecule has 0 bridgehead atoms. The lowest BCUT2D eigenvalue weighted by Gasteiger charge is -2.08. The number of hydrogen-bond donors (Lipinski definition) is 2. The Morgan fingerprint density at radius 3 is 2.50 bits per heavy atom. The minimum Gasteiger partial charge on any atom is -0.469 e. The molecule has 0 saturated heterocycles. The zero-order valence-corrected chi connectivity index (χ0v) is 14.9. The lowest BCUT2D eigenvalue weighted by atomic mass is 10.2. The highest BCUT2D eigenvalue weighted by Gasteiger charge is 2.11. The molecule has 0 aromatic heterocycles. The Hall–Kier alpha value is -1.79. The molecule has 0 saturated carbocycles. The number of rotatable bonds is 9. The zero-order valence-electron chi connectivity index (χ0n) is 13.4. The van der Waals surface area contributed by atoms with Crippen molar-refractivity contribution in [3.63, 3.8) is 0 Å². The van der Waals surface area contributed by atoms with Gasteiger partial charge in [0.15, 0.2) is 0 Å². The monoisotopic (exact) mass is 374 g/mol. The first kappa shape index (κ1) is 20.3. The van der Waals surface area contributed by atoms with E-state index in [0.29, 0.717) is 24.4 Å². The lowest BCUT2D eigenvalue weighted by molar-refractivity contribution is -0.140. The maximum atomic E-state index is 11.9. The van der Waals surface area contributed by atoms with Crippen LogP contribution in [0.15, 0.2) is 18.2 Å². The second-order valence-corrected chi connectivity index (χ2v) is 5.89. The number of benzene rings is 1. The number of hydrogen-bond acceptors (Lipinski definition) is 4. The Bertz CT molecular complexity index is 593. The smallest absolute Gasteiger partial charge is 0.305 e. The van der Waals surface area contributed by atoms with Gasteiger partial charge in [-0.2, -0.15) is 0 Å². The van der Waals surface area contributed by atoms with Crippen molar-refractivity contribution in [2.24, 2.45) is 0 Å². The molecule has 6 nitrogen and oxygen atoms in total. The van der Waals surface area contributed by atoms with Crippen molar-refractivity contribution in [2.45, 2.75) is 25.7 Å². The van der Waals surface area contributed by atoms with Gasteiger partial charge in [0.1, 0.15) is 0 Å². The number of carbonyl (C=O) groups is 3. The predicted molar refractivity (Wildman–Crippen MR) is 92.3 cm³/mol. The highest BCUT2D eigenvalue weighted by Crippen LogP contribution is 2.20. The number of carbonyl (C=O) groups excluding carboxylic acids is 3. The average Bonchev–Trinajstić information content (AvgIpc) is 2.55. The highest BCUT2D eigenvalue weighted by atomic mass is 35.5. The number of halogens is 2. The van der Waals surface area contributed by atoms with Crippen LogP contribution in [-0.4, -0.2) is 38.0 Å². The van der Waals surface area contributed by atoms with E-state index >= 15 is 0 Å². The van der Waals surface area contributed by atoms with Crippen LogP contribution in [0.3, 0.4) is 0 Å². The summed E-state index contributed by atoms with van der Waals surface area (Å²) in [6.07, 6.45) is 2.65. The highest BCUT2D eigenvalue weighted by molar-refractivity contribution is 6.36. The molecular formula is C16H20Cl2N2O4. The number of esters is 1. The van der Waals surface area contributed by atoms with Crippen molar-refractivity contribution >= 4 is 41.0 Å². The third-order valence-electron chi connectivity index (χ3n) is 3.19. The van der Waals surface area contributed by atoms with Crippen LogP contribution in [0, 0.1) is 0 Å². The van der Waals surface area contributed by atoms with Crippen LogP contribution in [0.1, 0.15) is 36.0 Å². The van der Waals surface area contributed by atoms with E-state index in [1.54, 1.807) is 6.07 Å². The van der Waals surface area contributed by atoms with Gasteiger partial charge >= 0.3 is 5.97 Å². The fourth-order valence-corrected chi connectivity index (χ4v) is 2.39. The summed E-state index contributed by atoms with van der Waals surface area (Å²) in [7, 11) is 1.36. The van der Waals surface area contributed by atoms with E-state index in [1.165, 1.54) is 19.2 Å². The molecule has 2 amide bonds. The second kappa shape index (κ2) is 10.9. The first-order chi connectivity index (χ1) is 11.4. The van der Waals surface area contributed by atoms with E-state index in [0.717, 1.165) is 12.8 Å². The predicted octanol–water partition coefficient (Wildman–Crippen LogP) is 2.57. The van der Waals surface area contributed by atoms with Gasteiger partial charge in [0.05, 0.1) is 24.2 Å². The summed E-state index contributed by atoms with van der Waals surface area (Å²) in [5.41, 5.74) is 0.261. The van der Waals surface area contributed by atoms with E-state index in [2.05, 4.69) is 15.4 Å². The summed E-state index contributed by atoms with van der Waals surface area (Å²) >= 11 is 11.7. The first-order valence-corrected chi connectivity index (χ1v) is 8.26. The number of amides is 2. The van der Waals surface area contributed by atoms with Crippen molar-refractivity contribution in [1.82, 2.24) is 10.6 Å². The van der Waals surface area contributed by atoms with Crippen LogP contribution in [-0.2, 0) is 14.3 Å². The van der Waals surface area contributed by atoms with Gasteiger partial charge < -0.3 is 15.4 Å². The fourth-order valence-electron chi connectivity index (χ4n) is 1.89. The van der Waals surface area contributed by atoms with Crippen molar-refractivity contribution in [1.29, 1.82) is 0 Å². The molecule has 0 unspecified atom stereocenters. The fraction of sp³-hybridized carbons (Fsp3) is 0.438. The molecule has 0 fully saturated rings. The van der Waals surface area contributed by atoms with Crippen molar-refractivity contribution in [3.05, 3.63) is 33.8 Å². The van der Waals surface area contributed by atoms with Gasteiger partial charge in [0.2, 0.25) is 5.91 Å². The van der Waals surface area contributed by atoms with E-state index in [1.807, 2.05) is 0 Å². The molecule has 0 aliphatic rings. The van der Waals surface area contributed by atoms with Gasteiger partial charge in [-0.15, -0.1) is 0 Å². The van der Waals surface area contributed by atoms with Crippen molar-refractivity contribution in [2.75, 3.05) is 20.2 Å². The Morgan fingerprint density at radius 1 is 1.08 bits per heavy atom. The lowest BCUT2D eigenvalue weighted by Crippen LogP contribution is -2.37. The molecule has 132 valence electrons. The molecule has 8 heteroatoms. The minimum atomic E-state index is -0.440. The summed E-state index contributed by atoms with van der Waals surface area (Å²) in [6, 6.07) is 4.52. The van der Waals surface area contributed by atoms with Crippen LogP contribution in [0.5, 0.6) is 0 Å². The summed E-state index contributed by atoms with van der Waals surface area (Å²) in [6.45, 7) is 0.345. The molecule has 1 aromatic rings. The van der Waals surface area contributed by atoms with Crippen LogP contribution in [0.2, 0.25) is 10.0 Å². The summed E-state index contributed by atoms with van der Waals surface area (Å²) in [5.74, 6) is -0.964. The average molecular weight is 375 g/mol. The third-order valence-corrected chi connectivity index (χ3v) is 3.74. The first-order valence-electron chi connectivity index (χ1n) is 7.50. The van der Waals surface area contributed by atoms with Crippen molar-refractivity contribution < 1.29 is 19.1 Å². The summed E-state index contributed by atoms with van der Waals surface area (Å²) in [5, 5.41) is 5.85. The minimum absolute atomic E-state index is 0.139. The molecule has 0 aliphatic carbocycles. The maximum Gasteiger partial charge on any atom is 0.305 e. The van der Waals surface area contributed by atoms with Crippen LogP contribution in [0.4, 0.5) is 0 Å². The summed E-state index contributed by atoms with van der Waals surface area (Å²) in [4.78, 5) is 34.5. The van der Waals surface area contributed by atoms with Crippen LogP contribution < -0.4 is 10.6 Å². The Balaban J connectivity index is 2.19. The summed E-state index contributed by atoms with van der Waals surface area (Å²) < 4.78 is 4.54. The van der Waals surface area contributed by atoms with E-state index in [9.17, 15) is 14.4 Å². The van der Waals surface area contributed by atoms with Gasteiger partial charge in [-0.05, 0) is 31.0 Å². The molecule has 24 heavy (non-hydrogen) atoms. The number of unbranched alkanes of at least 4 members (excludes halogenated alkanes) is 2. The topological polar surface area (TPSA) is 84.5 Å². The SMILES string of the molecule is COC(=O)CCCCCNC(=O)CNC(=O)c1ccc(Cl)cc1Cl. The number of ether oxygens (including phenoxy) is 1. The number of nitrogens with one attached hydrogen (secondary N) is 2.